The van der Waals surface area contributed by atoms with Gasteiger partial charge in [-0.2, -0.15) is 0 Å². The van der Waals surface area contributed by atoms with Crippen molar-refractivity contribution in [1.29, 1.82) is 0 Å². The minimum absolute atomic E-state index is 0.498. The van der Waals surface area contributed by atoms with Gasteiger partial charge in [-0.05, 0) is 65.8 Å². The number of rotatable bonds is 3. The standard InChI is InChI=1S/C29H25NO/c1-3-8-20(9-4-1)22-14-15-24-25-12-7-13-26(29(25)31-28(24)19-22)27-18-23(16-17-30-27)21-10-5-2-6-11-21/h1,3-4,7-9,12-19,21H,2,5-6,10-11H2/i21D. The second kappa shape index (κ2) is 7.70. The Kier molecular flexibility index (Phi) is 4.30. The lowest BCUT2D eigenvalue weighted by molar-refractivity contribution is 0.443. The lowest BCUT2D eigenvalue weighted by Gasteiger charge is -2.22. The van der Waals surface area contributed by atoms with Crippen LogP contribution in [0.1, 0.15) is 44.9 Å². The van der Waals surface area contributed by atoms with Gasteiger partial charge in [-0.1, -0.05) is 67.8 Å². The average Bonchev–Trinajstić information content (AvgIpc) is 3.23. The average molecular weight is 405 g/mol. The van der Waals surface area contributed by atoms with E-state index in [1.54, 1.807) is 0 Å². The zero-order valence-corrected chi connectivity index (χ0v) is 17.5. The molecule has 0 radical (unpaired) electrons. The fourth-order valence-electron chi connectivity index (χ4n) is 4.88. The van der Waals surface area contributed by atoms with Gasteiger partial charge in [-0.15, -0.1) is 0 Å². The molecule has 0 unspecified atom stereocenters. The highest BCUT2D eigenvalue weighted by Gasteiger charge is 2.18. The molecule has 31 heavy (non-hydrogen) atoms. The first-order valence-corrected chi connectivity index (χ1v) is 11.2. The fraction of sp³-hybridized carbons (Fsp3) is 0.207. The van der Waals surface area contributed by atoms with Gasteiger partial charge in [-0.25, -0.2) is 0 Å². The van der Waals surface area contributed by atoms with Crippen LogP contribution in [0.5, 0.6) is 0 Å². The molecule has 0 amide bonds. The van der Waals surface area contributed by atoms with Gasteiger partial charge in [0.2, 0.25) is 0 Å². The number of hydrogen-bond acceptors (Lipinski definition) is 2. The first-order valence-electron chi connectivity index (χ1n) is 11.7. The van der Waals surface area contributed by atoms with Crippen LogP contribution in [0.3, 0.4) is 0 Å². The molecule has 1 fully saturated rings. The summed E-state index contributed by atoms with van der Waals surface area (Å²) in [6.07, 6.45) is 7.20. The Morgan fingerprint density at radius 1 is 0.774 bits per heavy atom. The zero-order valence-electron chi connectivity index (χ0n) is 18.5. The first-order chi connectivity index (χ1) is 15.7. The highest BCUT2D eigenvalue weighted by molar-refractivity contribution is 6.10. The minimum atomic E-state index is -0.498. The zero-order chi connectivity index (χ0) is 21.5. The molecule has 0 aliphatic heterocycles. The maximum absolute atomic E-state index is 9.03. The van der Waals surface area contributed by atoms with Gasteiger partial charge in [0.05, 0.1) is 5.69 Å². The number of furan rings is 1. The van der Waals surface area contributed by atoms with Gasteiger partial charge in [0.1, 0.15) is 11.2 Å². The normalized spacial score (nSPS) is 16.5. The van der Waals surface area contributed by atoms with E-state index < -0.39 is 5.89 Å². The van der Waals surface area contributed by atoms with Crippen molar-refractivity contribution in [2.75, 3.05) is 0 Å². The molecule has 2 nitrogen and oxygen atoms in total. The Balaban J connectivity index is 1.48. The van der Waals surface area contributed by atoms with E-state index >= 15 is 0 Å². The van der Waals surface area contributed by atoms with E-state index in [0.717, 1.165) is 70.0 Å². The molecule has 1 aliphatic carbocycles. The monoisotopic (exact) mass is 404 g/mol. The van der Waals surface area contributed by atoms with Crippen LogP contribution < -0.4 is 0 Å². The Bertz CT molecular complexity index is 1410. The highest BCUT2D eigenvalue weighted by atomic mass is 16.3. The minimum Gasteiger partial charge on any atom is -0.455 e. The van der Waals surface area contributed by atoms with E-state index in [4.69, 9.17) is 5.79 Å². The number of fused-ring (bicyclic) bond motifs is 3. The van der Waals surface area contributed by atoms with Gasteiger partial charge in [0.15, 0.2) is 0 Å². The van der Waals surface area contributed by atoms with Crippen LogP contribution in [0.2, 0.25) is 0 Å². The van der Waals surface area contributed by atoms with Gasteiger partial charge in [0.25, 0.3) is 0 Å². The molecule has 0 atom stereocenters. The summed E-state index contributed by atoms with van der Waals surface area (Å²) >= 11 is 0. The summed E-state index contributed by atoms with van der Waals surface area (Å²) in [7, 11) is 0. The molecule has 0 saturated heterocycles. The van der Waals surface area contributed by atoms with Crippen LogP contribution >= 0.6 is 0 Å². The largest absolute Gasteiger partial charge is 0.455 e. The topological polar surface area (TPSA) is 26.0 Å². The second-order valence-corrected chi connectivity index (χ2v) is 8.46. The molecule has 2 aromatic heterocycles. The van der Waals surface area contributed by atoms with Gasteiger partial charge >= 0.3 is 0 Å². The highest BCUT2D eigenvalue weighted by Crippen LogP contribution is 2.38. The van der Waals surface area contributed by atoms with E-state index in [-0.39, 0.29) is 0 Å². The predicted molar refractivity (Wildman–Crippen MR) is 128 cm³/mol. The van der Waals surface area contributed by atoms with Crippen molar-refractivity contribution < 1.29 is 5.79 Å². The van der Waals surface area contributed by atoms with E-state index in [1.165, 1.54) is 12.0 Å². The van der Waals surface area contributed by atoms with Crippen LogP contribution in [0, 0.1) is 0 Å². The summed E-state index contributed by atoms with van der Waals surface area (Å²) in [4.78, 5) is 4.68. The van der Waals surface area contributed by atoms with Gasteiger partial charge in [0, 0.05) is 23.9 Å². The van der Waals surface area contributed by atoms with Crippen LogP contribution in [0.15, 0.2) is 89.5 Å². The van der Waals surface area contributed by atoms with Crippen molar-refractivity contribution in [2.45, 2.75) is 38.0 Å². The van der Waals surface area contributed by atoms with Crippen LogP contribution in [-0.2, 0) is 0 Å². The molecule has 6 rings (SSSR count). The maximum Gasteiger partial charge on any atom is 0.144 e. The quantitative estimate of drug-likeness (QED) is 0.302. The molecule has 0 spiro atoms. The summed E-state index contributed by atoms with van der Waals surface area (Å²) in [5.74, 6) is -0.498. The third kappa shape index (κ3) is 3.33. The van der Waals surface area contributed by atoms with Crippen molar-refractivity contribution in [3.05, 3.63) is 90.6 Å². The lowest BCUT2D eigenvalue weighted by Crippen LogP contribution is -2.04. The summed E-state index contributed by atoms with van der Waals surface area (Å²) in [5, 5.41) is 2.21. The summed E-state index contributed by atoms with van der Waals surface area (Å²) in [6, 6.07) is 27.2. The SMILES string of the molecule is [2H]C1(c2ccnc(-c3cccc4c3oc3cc(-c5ccccc5)ccc34)c2)CCCCC1. The third-order valence-corrected chi connectivity index (χ3v) is 6.51. The predicted octanol–water partition coefficient (Wildman–Crippen LogP) is 8.36. The Morgan fingerprint density at radius 3 is 2.52 bits per heavy atom. The number of pyridine rings is 1. The Hall–Kier alpha value is -3.39. The summed E-state index contributed by atoms with van der Waals surface area (Å²) in [5.41, 5.74) is 7.01. The van der Waals surface area contributed by atoms with Crippen molar-refractivity contribution >= 4 is 21.9 Å². The van der Waals surface area contributed by atoms with Crippen molar-refractivity contribution in [3.63, 3.8) is 0 Å². The third-order valence-electron chi connectivity index (χ3n) is 6.51. The van der Waals surface area contributed by atoms with Crippen molar-refractivity contribution in [1.82, 2.24) is 4.98 Å². The molecule has 152 valence electrons. The number of hydrogen-bond donors (Lipinski definition) is 0. The number of aromatic nitrogens is 1. The van der Waals surface area contributed by atoms with Gasteiger partial charge < -0.3 is 4.42 Å². The molecule has 5 aromatic rings. The molecule has 1 aliphatic rings. The number of nitrogens with zero attached hydrogens (tertiary/aromatic N) is 1. The molecule has 1 saturated carbocycles. The van der Waals surface area contributed by atoms with E-state index in [9.17, 15) is 0 Å². The van der Waals surface area contributed by atoms with Crippen molar-refractivity contribution in [2.24, 2.45) is 0 Å². The molecule has 0 N–H and O–H groups in total. The number of benzene rings is 3. The van der Waals surface area contributed by atoms with Gasteiger partial charge in [-0.3, -0.25) is 4.98 Å². The van der Waals surface area contributed by atoms with E-state index in [2.05, 4.69) is 71.7 Å². The van der Waals surface area contributed by atoms with Crippen molar-refractivity contribution in [3.8, 4) is 22.4 Å². The fourth-order valence-corrected chi connectivity index (χ4v) is 4.88. The molecular formula is C29H25NO. The van der Waals surface area contributed by atoms with E-state index in [1.807, 2.05) is 18.3 Å². The number of para-hydroxylation sites is 1. The molecule has 2 heteroatoms. The Morgan fingerprint density at radius 2 is 1.65 bits per heavy atom. The second-order valence-electron chi connectivity index (χ2n) is 8.46. The van der Waals surface area contributed by atoms with E-state index in [0.29, 0.717) is 0 Å². The lowest BCUT2D eigenvalue weighted by atomic mass is 9.84. The van der Waals surface area contributed by atoms with Crippen LogP contribution in [-0.4, -0.2) is 4.98 Å². The van der Waals surface area contributed by atoms with Crippen LogP contribution in [0.4, 0.5) is 0 Å². The molecule has 2 heterocycles. The molecule has 3 aromatic carbocycles. The summed E-state index contributed by atoms with van der Waals surface area (Å²) < 4.78 is 15.4. The first kappa shape index (κ1) is 17.3. The van der Waals surface area contributed by atoms with Crippen LogP contribution in [0.25, 0.3) is 44.3 Å². The molecular weight excluding hydrogens is 378 g/mol. The smallest absolute Gasteiger partial charge is 0.144 e. The summed E-state index contributed by atoms with van der Waals surface area (Å²) in [6.45, 7) is 0. The Labute approximate surface area is 184 Å². The maximum atomic E-state index is 9.03. The molecule has 0 bridgehead atoms.